The highest BCUT2D eigenvalue weighted by Crippen LogP contribution is 2.45. The van der Waals surface area contributed by atoms with Crippen LogP contribution in [0.5, 0.6) is 0 Å². The molecule has 1 heterocycles. The highest BCUT2D eigenvalue weighted by Gasteiger charge is 2.23. The zero-order chi connectivity index (χ0) is 17.8. The minimum Gasteiger partial charge on any atom is -0.148 e. The fourth-order valence-corrected chi connectivity index (χ4v) is 11.5. The molecule has 0 aliphatic heterocycles. The van der Waals surface area contributed by atoms with E-state index in [-0.39, 0.29) is 15.8 Å². The molecule has 0 atom stereocenters. The number of aryl methyl sites for hydroxylation is 1. The Balaban J connectivity index is 3.03. The van der Waals surface area contributed by atoms with Gasteiger partial charge in [-0.15, -0.1) is 11.3 Å². The minimum atomic E-state index is 0.0921. The van der Waals surface area contributed by atoms with Crippen molar-refractivity contribution in [1.29, 1.82) is 0 Å². The van der Waals surface area contributed by atoms with Gasteiger partial charge in [-0.2, -0.15) is 0 Å². The summed E-state index contributed by atoms with van der Waals surface area (Å²) in [6, 6.07) is 0. The number of hydrogen-bond donors (Lipinski definition) is 0. The van der Waals surface area contributed by atoms with Gasteiger partial charge >= 0.3 is 0 Å². The number of thiophene rings is 1. The Kier molecular flexibility index (Phi) is 12.9. The van der Waals surface area contributed by atoms with E-state index in [9.17, 15) is 0 Å². The van der Waals surface area contributed by atoms with E-state index >= 15 is 0 Å². The van der Waals surface area contributed by atoms with Crippen molar-refractivity contribution in [1.82, 2.24) is 0 Å². The second-order valence-corrected chi connectivity index (χ2v) is 12.9. The average Bonchev–Trinajstić information content (AvgIpc) is 2.97. The fraction of sp³-hybridized carbons (Fsp3) is 0.810. The number of rotatable bonds is 14. The molecule has 0 bridgehead atoms. The third kappa shape index (κ3) is 7.43. The third-order valence-corrected chi connectivity index (χ3v) is 11.8. The topological polar surface area (TPSA) is 0 Å². The standard InChI is InChI=1S/C21H40P2S/c1-6-10-14-22(15-11-7-2)20-18-24-19(5)21(20)23(16-12-8-3)17-13-9-4/h18H,6-17H2,1-5H3. The summed E-state index contributed by atoms with van der Waals surface area (Å²) < 4.78 is 0. The van der Waals surface area contributed by atoms with Gasteiger partial charge in [0.15, 0.2) is 0 Å². The van der Waals surface area contributed by atoms with Gasteiger partial charge in [0.2, 0.25) is 0 Å². The molecule has 0 amide bonds. The summed E-state index contributed by atoms with van der Waals surface area (Å²) in [5.41, 5.74) is 0. The maximum Gasteiger partial charge on any atom is 0.00976 e. The lowest BCUT2D eigenvalue weighted by Gasteiger charge is -2.24. The summed E-state index contributed by atoms with van der Waals surface area (Å²) in [5, 5.41) is 6.29. The summed E-state index contributed by atoms with van der Waals surface area (Å²) in [4.78, 5) is 1.66. The lowest BCUT2D eigenvalue weighted by molar-refractivity contribution is 0.870. The number of unbranched alkanes of at least 4 members (excludes halogenated alkanes) is 4. The highest BCUT2D eigenvalue weighted by atomic mass is 32.1. The first-order valence-electron chi connectivity index (χ1n) is 10.3. The summed E-state index contributed by atoms with van der Waals surface area (Å²) in [5.74, 6) is 0. The molecule has 0 fully saturated rings. The maximum atomic E-state index is 2.58. The van der Waals surface area contributed by atoms with Crippen LogP contribution in [0.4, 0.5) is 0 Å². The Hall–Kier alpha value is 0.560. The summed E-state index contributed by atoms with van der Waals surface area (Å²) in [6.45, 7) is 11.8. The van der Waals surface area contributed by atoms with Crippen molar-refractivity contribution in [2.24, 2.45) is 0 Å². The summed E-state index contributed by atoms with van der Waals surface area (Å²) in [6.07, 6.45) is 17.0. The molecule has 24 heavy (non-hydrogen) atoms. The zero-order valence-electron chi connectivity index (χ0n) is 16.9. The quantitative estimate of drug-likeness (QED) is 0.291. The lowest BCUT2D eigenvalue weighted by atomic mass is 10.4. The van der Waals surface area contributed by atoms with Gasteiger partial charge in [0.25, 0.3) is 0 Å². The first-order valence-corrected chi connectivity index (χ1v) is 14.6. The molecule has 0 saturated carbocycles. The second-order valence-electron chi connectivity index (χ2n) is 6.91. The first-order chi connectivity index (χ1) is 11.7. The monoisotopic (exact) mass is 386 g/mol. The molecule has 0 aliphatic carbocycles. The highest BCUT2D eigenvalue weighted by molar-refractivity contribution is 7.72. The van der Waals surface area contributed by atoms with E-state index in [4.69, 9.17) is 0 Å². The molecule has 1 rings (SSSR count). The van der Waals surface area contributed by atoms with Crippen LogP contribution in [0.3, 0.4) is 0 Å². The summed E-state index contributed by atoms with van der Waals surface area (Å²) in [7, 11) is 0.189. The predicted octanol–water partition coefficient (Wildman–Crippen LogP) is 7.47. The molecule has 0 aromatic carbocycles. The van der Waals surface area contributed by atoms with Crippen LogP contribution in [0.1, 0.15) is 83.9 Å². The van der Waals surface area contributed by atoms with Gasteiger partial charge in [-0.05, 0) is 73.2 Å². The normalized spacial score (nSPS) is 11.8. The zero-order valence-corrected chi connectivity index (χ0v) is 19.5. The first kappa shape index (κ1) is 22.6. The van der Waals surface area contributed by atoms with Gasteiger partial charge in [0, 0.05) is 4.88 Å². The van der Waals surface area contributed by atoms with Crippen molar-refractivity contribution < 1.29 is 0 Å². The van der Waals surface area contributed by atoms with E-state index in [1.165, 1.54) is 76.0 Å². The Morgan fingerprint density at radius 3 is 1.54 bits per heavy atom. The molecule has 1 aromatic heterocycles. The fourth-order valence-electron chi connectivity index (χ4n) is 3.13. The van der Waals surface area contributed by atoms with Gasteiger partial charge < -0.3 is 0 Å². The molecule has 140 valence electrons. The largest absolute Gasteiger partial charge is 0.148 e. The Labute approximate surface area is 158 Å². The van der Waals surface area contributed by atoms with Crippen LogP contribution >= 0.6 is 27.2 Å². The molecule has 0 spiro atoms. The molecule has 0 unspecified atom stereocenters. The van der Waals surface area contributed by atoms with E-state index in [0.29, 0.717) is 0 Å². The van der Waals surface area contributed by atoms with E-state index < -0.39 is 0 Å². The Morgan fingerprint density at radius 2 is 1.12 bits per heavy atom. The van der Waals surface area contributed by atoms with Gasteiger partial charge in [0.1, 0.15) is 0 Å². The van der Waals surface area contributed by atoms with Crippen molar-refractivity contribution in [3.05, 3.63) is 10.3 Å². The van der Waals surface area contributed by atoms with Crippen LogP contribution in [-0.4, -0.2) is 24.6 Å². The van der Waals surface area contributed by atoms with Crippen LogP contribution in [0.15, 0.2) is 5.38 Å². The van der Waals surface area contributed by atoms with Gasteiger partial charge in [-0.3, -0.25) is 0 Å². The van der Waals surface area contributed by atoms with Crippen LogP contribution < -0.4 is 10.6 Å². The average molecular weight is 387 g/mol. The molecule has 3 heteroatoms. The molecule has 0 nitrogen and oxygen atoms in total. The van der Waals surface area contributed by atoms with E-state index in [0.717, 1.165) is 0 Å². The van der Waals surface area contributed by atoms with E-state index in [1.807, 2.05) is 10.6 Å². The van der Waals surface area contributed by atoms with Crippen molar-refractivity contribution >= 4 is 37.8 Å². The number of hydrogen-bond acceptors (Lipinski definition) is 1. The Bertz CT molecular complexity index is 411. The van der Waals surface area contributed by atoms with Gasteiger partial charge in [-0.25, -0.2) is 0 Å². The SMILES string of the molecule is CCCCP(CCCC)c1csc(C)c1P(CCCC)CCCC. The predicted molar refractivity (Wildman–Crippen MR) is 121 cm³/mol. The second kappa shape index (κ2) is 13.7. The van der Waals surface area contributed by atoms with Gasteiger partial charge in [0.05, 0.1) is 0 Å². The van der Waals surface area contributed by atoms with Crippen molar-refractivity contribution in [2.45, 2.75) is 86.0 Å². The van der Waals surface area contributed by atoms with Gasteiger partial charge in [-0.1, -0.05) is 69.2 Å². The van der Waals surface area contributed by atoms with Crippen molar-refractivity contribution in [3.63, 3.8) is 0 Å². The van der Waals surface area contributed by atoms with Crippen LogP contribution in [0.25, 0.3) is 0 Å². The molecular weight excluding hydrogens is 346 g/mol. The van der Waals surface area contributed by atoms with Crippen LogP contribution in [0.2, 0.25) is 0 Å². The summed E-state index contributed by atoms with van der Waals surface area (Å²) >= 11 is 2.05. The molecule has 0 N–H and O–H groups in total. The van der Waals surface area contributed by atoms with Crippen molar-refractivity contribution in [3.8, 4) is 0 Å². The minimum absolute atomic E-state index is 0.0921. The molecule has 0 saturated heterocycles. The smallest absolute Gasteiger partial charge is 0.00976 e. The lowest BCUT2D eigenvalue weighted by Crippen LogP contribution is -2.24. The van der Waals surface area contributed by atoms with Crippen molar-refractivity contribution in [2.75, 3.05) is 24.6 Å². The third-order valence-electron chi connectivity index (χ3n) is 4.71. The maximum absolute atomic E-state index is 2.58. The van der Waals surface area contributed by atoms with Crippen LogP contribution in [-0.2, 0) is 0 Å². The molecule has 0 radical (unpaired) electrons. The molecule has 0 aliphatic rings. The molecule has 1 aromatic rings. The molecular formula is C21H40P2S. The van der Waals surface area contributed by atoms with E-state index in [1.54, 1.807) is 4.88 Å². The Morgan fingerprint density at radius 1 is 0.708 bits per heavy atom. The van der Waals surface area contributed by atoms with E-state index in [2.05, 4.69) is 51.3 Å². The van der Waals surface area contributed by atoms with Crippen LogP contribution in [0, 0.1) is 6.92 Å².